The Morgan fingerprint density at radius 2 is 1.76 bits per heavy atom. The molecular weight excluding hydrogens is 405 g/mol. The fourth-order valence-corrected chi connectivity index (χ4v) is 3.55. The highest BCUT2D eigenvalue weighted by atomic mass is 127. The number of carboxylic acid groups (broad SMARTS) is 1. The molecule has 0 aliphatic heterocycles. The van der Waals surface area contributed by atoms with Gasteiger partial charge in [0, 0.05) is 9.26 Å². The molecule has 0 atom stereocenters. The predicted octanol–water partition coefficient (Wildman–Crippen LogP) is 3.10. The molecule has 0 radical (unpaired) electrons. The minimum absolute atomic E-state index is 0.0273. The molecule has 7 heteroatoms. The van der Waals surface area contributed by atoms with Gasteiger partial charge in [-0.05, 0) is 71.5 Å². The van der Waals surface area contributed by atoms with E-state index in [0.29, 0.717) is 5.69 Å². The smallest absolute Gasteiger partial charge is 0.335 e. The van der Waals surface area contributed by atoms with Crippen LogP contribution >= 0.6 is 22.6 Å². The second kappa shape index (κ2) is 6.02. The van der Waals surface area contributed by atoms with Crippen molar-refractivity contribution in [3.05, 3.63) is 57.2 Å². The van der Waals surface area contributed by atoms with Crippen molar-refractivity contribution in [3.8, 4) is 0 Å². The number of sulfonamides is 1. The van der Waals surface area contributed by atoms with E-state index in [4.69, 9.17) is 5.11 Å². The van der Waals surface area contributed by atoms with Crippen molar-refractivity contribution in [1.29, 1.82) is 0 Å². The van der Waals surface area contributed by atoms with E-state index in [1.807, 2.05) is 0 Å². The zero-order valence-electron chi connectivity index (χ0n) is 11.0. The largest absolute Gasteiger partial charge is 0.478 e. The summed E-state index contributed by atoms with van der Waals surface area (Å²) in [4.78, 5) is 11.0. The number of aromatic carboxylic acids is 1. The van der Waals surface area contributed by atoms with Crippen LogP contribution in [0.2, 0.25) is 0 Å². The number of carboxylic acids is 1. The van der Waals surface area contributed by atoms with Crippen LogP contribution in [-0.4, -0.2) is 19.5 Å². The number of anilines is 1. The Balaban J connectivity index is 2.42. The molecule has 0 aliphatic carbocycles. The average Bonchev–Trinajstić information content (AvgIpc) is 2.41. The molecule has 0 spiro atoms. The third-order valence-corrected chi connectivity index (χ3v) is 5.15. The summed E-state index contributed by atoms with van der Waals surface area (Å²) in [5.41, 5.74) is 0.610. The normalized spacial score (nSPS) is 11.1. The van der Waals surface area contributed by atoms with Gasteiger partial charge in [-0.25, -0.2) is 13.2 Å². The van der Waals surface area contributed by atoms with Gasteiger partial charge in [0.1, 0.15) is 0 Å². The quantitative estimate of drug-likeness (QED) is 0.750. The molecule has 2 rings (SSSR count). The van der Waals surface area contributed by atoms with Crippen molar-refractivity contribution >= 4 is 44.3 Å². The maximum atomic E-state index is 12.4. The summed E-state index contributed by atoms with van der Waals surface area (Å²) in [6.07, 6.45) is 0. The summed E-state index contributed by atoms with van der Waals surface area (Å²) in [6, 6.07) is 11.0. The molecule has 21 heavy (non-hydrogen) atoms. The van der Waals surface area contributed by atoms with E-state index in [-0.39, 0.29) is 16.0 Å². The van der Waals surface area contributed by atoms with E-state index in [9.17, 15) is 13.2 Å². The van der Waals surface area contributed by atoms with Gasteiger partial charge in [0.25, 0.3) is 10.0 Å². The van der Waals surface area contributed by atoms with Crippen LogP contribution < -0.4 is 4.72 Å². The predicted molar refractivity (Wildman–Crippen MR) is 88.1 cm³/mol. The molecule has 0 bridgehead atoms. The number of benzene rings is 2. The van der Waals surface area contributed by atoms with Gasteiger partial charge in [-0.1, -0.05) is 6.07 Å². The van der Waals surface area contributed by atoms with Crippen LogP contribution in [0, 0.1) is 10.5 Å². The molecule has 110 valence electrons. The summed E-state index contributed by atoms with van der Waals surface area (Å²) in [6.45, 7) is 1.48. The fourth-order valence-electron chi connectivity index (χ4n) is 1.87. The first-order valence-corrected chi connectivity index (χ1v) is 8.49. The van der Waals surface area contributed by atoms with Crippen LogP contribution in [0.4, 0.5) is 5.69 Å². The van der Waals surface area contributed by atoms with Crippen molar-refractivity contribution in [3.63, 3.8) is 0 Å². The minimum Gasteiger partial charge on any atom is -0.478 e. The number of carbonyl (C=O) groups is 1. The molecule has 0 saturated heterocycles. The number of nitrogens with one attached hydrogen (secondary N) is 1. The molecule has 0 heterocycles. The zero-order valence-corrected chi connectivity index (χ0v) is 14.0. The van der Waals surface area contributed by atoms with Crippen LogP contribution in [-0.2, 0) is 10.0 Å². The Kier molecular flexibility index (Phi) is 4.52. The van der Waals surface area contributed by atoms with Crippen molar-refractivity contribution in [1.82, 2.24) is 0 Å². The molecule has 2 N–H and O–H groups in total. The van der Waals surface area contributed by atoms with Crippen molar-refractivity contribution in [2.75, 3.05) is 4.72 Å². The number of halogens is 1. The van der Waals surface area contributed by atoms with Crippen LogP contribution in [0.3, 0.4) is 0 Å². The monoisotopic (exact) mass is 417 g/mol. The Labute approximate surface area is 136 Å². The molecule has 0 saturated carbocycles. The lowest BCUT2D eigenvalue weighted by Gasteiger charge is -2.12. The van der Waals surface area contributed by atoms with Crippen LogP contribution in [0.25, 0.3) is 0 Å². The van der Waals surface area contributed by atoms with E-state index in [1.54, 1.807) is 24.3 Å². The highest BCUT2D eigenvalue weighted by molar-refractivity contribution is 14.1. The van der Waals surface area contributed by atoms with Crippen LogP contribution in [0.1, 0.15) is 15.9 Å². The molecule has 0 amide bonds. The van der Waals surface area contributed by atoms with Gasteiger partial charge in [0.05, 0.1) is 10.5 Å². The van der Waals surface area contributed by atoms with Gasteiger partial charge in [-0.2, -0.15) is 0 Å². The third kappa shape index (κ3) is 3.53. The van der Waals surface area contributed by atoms with E-state index in [1.165, 1.54) is 25.1 Å². The van der Waals surface area contributed by atoms with Crippen LogP contribution in [0.5, 0.6) is 0 Å². The van der Waals surface area contributed by atoms with Gasteiger partial charge in [0.15, 0.2) is 0 Å². The molecule has 2 aromatic carbocycles. The highest BCUT2D eigenvalue weighted by Crippen LogP contribution is 2.22. The number of hydrogen-bond acceptors (Lipinski definition) is 3. The lowest BCUT2D eigenvalue weighted by Crippen LogP contribution is -2.15. The lowest BCUT2D eigenvalue weighted by molar-refractivity contribution is 0.0696. The van der Waals surface area contributed by atoms with Gasteiger partial charge in [-0.15, -0.1) is 0 Å². The van der Waals surface area contributed by atoms with Gasteiger partial charge < -0.3 is 5.11 Å². The summed E-state index contributed by atoms with van der Waals surface area (Å²) in [7, 11) is -3.83. The van der Waals surface area contributed by atoms with Crippen molar-refractivity contribution in [2.24, 2.45) is 0 Å². The summed E-state index contributed by atoms with van der Waals surface area (Å²) in [5, 5.41) is 9.06. The second-order valence-corrected chi connectivity index (χ2v) is 7.24. The summed E-state index contributed by atoms with van der Waals surface area (Å²) >= 11 is 2.12. The van der Waals surface area contributed by atoms with E-state index < -0.39 is 16.0 Å². The second-order valence-electron chi connectivity index (χ2n) is 4.35. The highest BCUT2D eigenvalue weighted by Gasteiger charge is 2.20. The first-order valence-electron chi connectivity index (χ1n) is 5.92. The molecule has 0 aromatic heterocycles. The molecule has 5 nitrogen and oxygen atoms in total. The maximum Gasteiger partial charge on any atom is 0.335 e. The SMILES string of the molecule is Cc1c(C(=O)O)cccc1S(=O)(=O)Nc1ccc(I)cc1. The van der Waals surface area contributed by atoms with Crippen molar-refractivity contribution < 1.29 is 18.3 Å². The Hall–Kier alpha value is -1.61. The zero-order chi connectivity index (χ0) is 15.6. The first kappa shape index (κ1) is 15.8. The summed E-state index contributed by atoms with van der Waals surface area (Å²) < 4.78 is 28.2. The molecule has 2 aromatic rings. The van der Waals surface area contributed by atoms with Crippen LogP contribution in [0.15, 0.2) is 47.4 Å². The minimum atomic E-state index is -3.83. The number of rotatable bonds is 4. The van der Waals surface area contributed by atoms with Crippen molar-refractivity contribution in [2.45, 2.75) is 11.8 Å². The molecule has 0 fully saturated rings. The molecular formula is C14H12INO4S. The molecule has 0 aliphatic rings. The Morgan fingerprint density at radius 3 is 2.33 bits per heavy atom. The Bertz CT molecular complexity index is 785. The standard InChI is InChI=1S/C14H12INO4S/c1-9-12(14(17)18)3-2-4-13(9)21(19,20)16-11-7-5-10(15)6-8-11/h2-8,16H,1H3,(H,17,18). The average molecular weight is 417 g/mol. The van der Waals surface area contributed by atoms with E-state index in [2.05, 4.69) is 27.3 Å². The van der Waals surface area contributed by atoms with E-state index >= 15 is 0 Å². The first-order chi connectivity index (χ1) is 9.81. The summed E-state index contributed by atoms with van der Waals surface area (Å²) in [5.74, 6) is -1.15. The van der Waals surface area contributed by atoms with Gasteiger partial charge in [0.2, 0.25) is 0 Å². The third-order valence-electron chi connectivity index (χ3n) is 2.90. The number of hydrogen-bond donors (Lipinski definition) is 2. The maximum absolute atomic E-state index is 12.4. The van der Waals surface area contributed by atoms with E-state index in [0.717, 1.165) is 3.57 Å². The molecule has 0 unspecified atom stereocenters. The topological polar surface area (TPSA) is 83.5 Å². The fraction of sp³-hybridized carbons (Fsp3) is 0.0714. The Morgan fingerprint density at radius 1 is 1.14 bits per heavy atom. The van der Waals surface area contributed by atoms with Gasteiger partial charge >= 0.3 is 5.97 Å². The van der Waals surface area contributed by atoms with Gasteiger partial charge in [-0.3, -0.25) is 4.72 Å². The lowest BCUT2D eigenvalue weighted by atomic mass is 10.1.